The number of sulfonamides is 1. The van der Waals surface area contributed by atoms with Crippen molar-refractivity contribution in [3.63, 3.8) is 0 Å². The topological polar surface area (TPSA) is 73.0 Å². The van der Waals surface area contributed by atoms with Crippen LogP contribution in [0.3, 0.4) is 0 Å². The highest BCUT2D eigenvalue weighted by molar-refractivity contribution is 7.93. The van der Waals surface area contributed by atoms with Gasteiger partial charge in [-0.3, -0.25) is 9.10 Å². The van der Waals surface area contributed by atoms with Crippen LogP contribution in [-0.2, 0) is 10.0 Å². The van der Waals surface area contributed by atoms with Gasteiger partial charge in [-0.1, -0.05) is 17.7 Å². The van der Waals surface area contributed by atoms with Crippen LogP contribution >= 0.6 is 11.6 Å². The van der Waals surface area contributed by atoms with E-state index in [2.05, 4.69) is 22.2 Å². The van der Waals surface area contributed by atoms with E-state index >= 15 is 0 Å². The summed E-state index contributed by atoms with van der Waals surface area (Å²) in [7, 11) is -1.21. The fourth-order valence-corrected chi connectivity index (χ4v) is 5.59. The molecular weight excluding hydrogens is 424 g/mol. The molecule has 30 heavy (non-hydrogen) atoms. The van der Waals surface area contributed by atoms with Gasteiger partial charge >= 0.3 is 0 Å². The lowest BCUT2D eigenvalue weighted by Gasteiger charge is -2.35. The predicted octanol–water partition coefficient (Wildman–Crippen LogP) is 2.88. The van der Waals surface area contributed by atoms with Crippen LogP contribution in [0.4, 0.5) is 17.1 Å². The Morgan fingerprint density at radius 1 is 1.03 bits per heavy atom. The summed E-state index contributed by atoms with van der Waals surface area (Å²) in [6.45, 7) is 4.06. The Bertz CT molecular complexity index is 1050. The Kier molecular flexibility index (Phi) is 5.90. The molecule has 160 valence electrons. The highest BCUT2D eigenvalue weighted by Gasteiger charge is 2.29. The Morgan fingerprint density at radius 2 is 1.80 bits per heavy atom. The molecule has 0 bridgehead atoms. The summed E-state index contributed by atoms with van der Waals surface area (Å²) in [5, 5.41) is 3.51. The maximum absolute atomic E-state index is 13.0. The van der Waals surface area contributed by atoms with E-state index in [1.807, 2.05) is 12.1 Å². The van der Waals surface area contributed by atoms with Crippen molar-refractivity contribution in [2.45, 2.75) is 6.42 Å². The molecular formula is C21H25ClN4O3S. The molecule has 2 fully saturated rings. The first-order chi connectivity index (χ1) is 14.3. The number of benzene rings is 2. The van der Waals surface area contributed by atoms with Crippen molar-refractivity contribution in [2.24, 2.45) is 0 Å². The first-order valence-electron chi connectivity index (χ1n) is 9.98. The minimum absolute atomic E-state index is 0.139. The molecule has 2 saturated heterocycles. The molecule has 0 unspecified atom stereocenters. The predicted molar refractivity (Wildman–Crippen MR) is 121 cm³/mol. The lowest BCUT2D eigenvalue weighted by Crippen LogP contribution is -2.44. The molecule has 0 aliphatic carbocycles. The molecule has 2 aromatic rings. The lowest BCUT2D eigenvalue weighted by molar-refractivity contribution is 0.102. The van der Waals surface area contributed by atoms with Crippen molar-refractivity contribution in [1.82, 2.24) is 4.90 Å². The minimum Gasteiger partial charge on any atom is -0.367 e. The largest absolute Gasteiger partial charge is 0.367 e. The Balaban J connectivity index is 1.57. The summed E-state index contributed by atoms with van der Waals surface area (Å²) in [5.41, 5.74) is 2.50. The molecule has 0 atom stereocenters. The number of nitrogens with zero attached hydrogens (tertiary/aromatic N) is 3. The number of nitrogens with one attached hydrogen (secondary N) is 1. The van der Waals surface area contributed by atoms with Gasteiger partial charge in [0.1, 0.15) is 0 Å². The van der Waals surface area contributed by atoms with Crippen LogP contribution in [0.15, 0.2) is 42.5 Å². The van der Waals surface area contributed by atoms with Crippen molar-refractivity contribution in [3.05, 3.63) is 53.1 Å². The maximum atomic E-state index is 13.0. The van der Waals surface area contributed by atoms with Gasteiger partial charge < -0.3 is 15.1 Å². The minimum atomic E-state index is -3.30. The van der Waals surface area contributed by atoms with E-state index in [1.54, 1.807) is 30.3 Å². The van der Waals surface area contributed by atoms with E-state index in [1.165, 1.54) is 4.31 Å². The number of anilines is 3. The third kappa shape index (κ3) is 4.40. The Labute approximate surface area is 182 Å². The summed E-state index contributed by atoms with van der Waals surface area (Å²) in [6, 6.07) is 12.2. The molecule has 1 amide bonds. The van der Waals surface area contributed by atoms with Crippen LogP contribution in [-0.4, -0.2) is 64.7 Å². The van der Waals surface area contributed by atoms with Crippen LogP contribution in [0.2, 0.25) is 5.02 Å². The van der Waals surface area contributed by atoms with Crippen molar-refractivity contribution in [1.29, 1.82) is 0 Å². The van der Waals surface area contributed by atoms with Gasteiger partial charge in [-0.25, -0.2) is 8.42 Å². The molecule has 1 N–H and O–H groups in total. The van der Waals surface area contributed by atoms with Crippen molar-refractivity contribution >= 4 is 44.6 Å². The normalized spacial score (nSPS) is 19.1. The maximum Gasteiger partial charge on any atom is 0.255 e. The van der Waals surface area contributed by atoms with Gasteiger partial charge in [0.15, 0.2) is 0 Å². The number of amides is 1. The van der Waals surface area contributed by atoms with E-state index in [0.29, 0.717) is 34.9 Å². The molecule has 4 rings (SSSR count). The van der Waals surface area contributed by atoms with Gasteiger partial charge in [0, 0.05) is 43.3 Å². The molecule has 7 nitrogen and oxygen atoms in total. The zero-order chi connectivity index (χ0) is 21.3. The van der Waals surface area contributed by atoms with Crippen LogP contribution in [0.25, 0.3) is 0 Å². The number of carbonyl (C=O) groups is 1. The smallest absolute Gasteiger partial charge is 0.255 e. The molecule has 0 radical (unpaired) electrons. The average Bonchev–Trinajstić information content (AvgIpc) is 3.08. The highest BCUT2D eigenvalue weighted by atomic mass is 35.5. The quantitative estimate of drug-likeness (QED) is 0.778. The SMILES string of the molecule is CN1CCN(c2ccc(Cl)cc2NC(=O)c2cccc(N3CCCS3(=O)=O)c2)CC1. The van der Waals surface area contributed by atoms with E-state index in [9.17, 15) is 13.2 Å². The Hall–Kier alpha value is -2.29. The monoisotopic (exact) mass is 448 g/mol. The van der Waals surface area contributed by atoms with Crippen LogP contribution in [0.5, 0.6) is 0 Å². The second kappa shape index (κ2) is 8.45. The molecule has 2 aromatic carbocycles. The summed E-state index contributed by atoms with van der Waals surface area (Å²) < 4.78 is 25.8. The number of rotatable bonds is 4. The highest BCUT2D eigenvalue weighted by Crippen LogP contribution is 2.31. The fraction of sp³-hybridized carbons (Fsp3) is 0.381. The number of piperazine rings is 1. The second-order valence-corrected chi connectivity index (χ2v) is 10.1. The molecule has 9 heteroatoms. The third-order valence-electron chi connectivity index (χ3n) is 5.55. The summed E-state index contributed by atoms with van der Waals surface area (Å²) in [5.74, 6) is -0.161. The number of likely N-dealkylation sites (N-methyl/N-ethyl adjacent to an activating group) is 1. The summed E-state index contributed by atoms with van der Waals surface area (Å²) in [6.07, 6.45) is 0.593. The van der Waals surface area contributed by atoms with Gasteiger partial charge in [-0.05, 0) is 49.9 Å². The van der Waals surface area contributed by atoms with Crippen LogP contribution in [0.1, 0.15) is 16.8 Å². The van der Waals surface area contributed by atoms with Gasteiger partial charge in [-0.15, -0.1) is 0 Å². The van der Waals surface area contributed by atoms with Gasteiger partial charge in [0.05, 0.1) is 22.8 Å². The van der Waals surface area contributed by atoms with E-state index in [4.69, 9.17) is 11.6 Å². The van der Waals surface area contributed by atoms with Crippen molar-refractivity contribution in [3.8, 4) is 0 Å². The van der Waals surface area contributed by atoms with Gasteiger partial charge in [-0.2, -0.15) is 0 Å². The Morgan fingerprint density at radius 3 is 2.50 bits per heavy atom. The van der Waals surface area contributed by atoms with Gasteiger partial charge in [0.2, 0.25) is 10.0 Å². The van der Waals surface area contributed by atoms with E-state index in [-0.39, 0.29) is 11.7 Å². The third-order valence-corrected chi connectivity index (χ3v) is 7.65. The molecule has 0 saturated carbocycles. The molecule has 2 aliphatic rings. The van der Waals surface area contributed by atoms with Crippen LogP contribution < -0.4 is 14.5 Å². The zero-order valence-corrected chi connectivity index (χ0v) is 18.4. The average molecular weight is 449 g/mol. The summed E-state index contributed by atoms with van der Waals surface area (Å²) >= 11 is 6.20. The molecule has 2 heterocycles. The number of hydrogen-bond donors (Lipinski definition) is 1. The van der Waals surface area contributed by atoms with Gasteiger partial charge in [0.25, 0.3) is 5.91 Å². The number of halogens is 1. The zero-order valence-electron chi connectivity index (χ0n) is 16.8. The second-order valence-electron chi connectivity index (χ2n) is 7.70. The molecule has 0 aromatic heterocycles. The first-order valence-corrected chi connectivity index (χ1v) is 12.0. The summed E-state index contributed by atoms with van der Waals surface area (Å²) in [4.78, 5) is 17.5. The number of hydrogen-bond acceptors (Lipinski definition) is 5. The molecule has 2 aliphatic heterocycles. The van der Waals surface area contributed by atoms with E-state index in [0.717, 1.165) is 31.9 Å². The lowest BCUT2D eigenvalue weighted by atomic mass is 10.1. The molecule has 0 spiro atoms. The van der Waals surface area contributed by atoms with Crippen molar-refractivity contribution < 1.29 is 13.2 Å². The van der Waals surface area contributed by atoms with E-state index < -0.39 is 10.0 Å². The van der Waals surface area contributed by atoms with Crippen LogP contribution in [0, 0.1) is 0 Å². The first kappa shape index (κ1) is 21.0. The number of carbonyl (C=O) groups excluding carboxylic acids is 1. The fourth-order valence-electron chi connectivity index (χ4n) is 3.86. The standard InChI is InChI=1S/C21H25ClN4O3S/c1-24-9-11-25(12-10-24)20-7-6-17(22)15-19(20)23-21(27)16-4-2-5-18(14-16)26-8-3-13-30(26,28)29/h2,4-7,14-15H,3,8-13H2,1H3,(H,23,27). The van der Waals surface area contributed by atoms with Crippen molar-refractivity contribution in [2.75, 3.05) is 60.0 Å².